The van der Waals surface area contributed by atoms with E-state index in [1.54, 1.807) is 0 Å². The maximum atomic E-state index is 11.3. The Morgan fingerprint density at radius 1 is 1.05 bits per heavy atom. The SMILES string of the molecule is CCCCCCCCCCCC([O-])=N[C@H](C)C(=O)O.[K+]. The predicted molar refractivity (Wildman–Crippen MR) is 76.4 cm³/mol. The van der Waals surface area contributed by atoms with Crippen LogP contribution in [0.4, 0.5) is 0 Å². The van der Waals surface area contributed by atoms with Gasteiger partial charge in [0.05, 0.1) is 0 Å². The van der Waals surface area contributed by atoms with Gasteiger partial charge in [0.2, 0.25) is 0 Å². The predicted octanol–water partition coefficient (Wildman–Crippen LogP) is 0.143. The fourth-order valence-electron chi connectivity index (χ4n) is 1.92. The zero-order valence-corrected chi connectivity index (χ0v) is 16.5. The van der Waals surface area contributed by atoms with Gasteiger partial charge in [-0.3, -0.25) is 4.99 Å². The van der Waals surface area contributed by atoms with Gasteiger partial charge in [-0.25, -0.2) is 4.79 Å². The van der Waals surface area contributed by atoms with E-state index in [4.69, 9.17) is 5.11 Å². The van der Waals surface area contributed by atoms with Crippen molar-refractivity contribution in [2.75, 3.05) is 0 Å². The molecule has 4 nitrogen and oxygen atoms in total. The van der Waals surface area contributed by atoms with Crippen molar-refractivity contribution in [3.63, 3.8) is 0 Å². The Kier molecular flexibility index (Phi) is 18.2. The van der Waals surface area contributed by atoms with Gasteiger partial charge in [0.15, 0.2) is 0 Å². The fraction of sp³-hybridized carbons (Fsp3) is 0.867. The summed E-state index contributed by atoms with van der Waals surface area (Å²) in [5.41, 5.74) is 0. The molecule has 0 bridgehead atoms. The second-order valence-electron chi connectivity index (χ2n) is 5.12. The summed E-state index contributed by atoms with van der Waals surface area (Å²) in [6, 6.07) is -0.911. The van der Waals surface area contributed by atoms with Gasteiger partial charge in [-0.15, -0.1) is 0 Å². The van der Waals surface area contributed by atoms with Crippen LogP contribution in [0.5, 0.6) is 0 Å². The molecule has 0 aromatic carbocycles. The van der Waals surface area contributed by atoms with Crippen LogP contribution in [-0.4, -0.2) is 23.0 Å². The van der Waals surface area contributed by atoms with Gasteiger partial charge in [0.25, 0.3) is 0 Å². The van der Waals surface area contributed by atoms with Crippen LogP contribution in [0.2, 0.25) is 0 Å². The molecule has 112 valence electrons. The van der Waals surface area contributed by atoms with Gasteiger partial charge in [0, 0.05) is 0 Å². The maximum Gasteiger partial charge on any atom is 1.00 e. The summed E-state index contributed by atoms with van der Waals surface area (Å²) in [5.74, 6) is -1.32. The van der Waals surface area contributed by atoms with Crippen molar-refractivity contribution in [3.05, 3.63) is 0 Å². The Bertz CT molecular complexity index is 270. The first-order chi connectivity index (χ1) is 9.07. The van der Waals surface area contributed by atoms with Crippen molar-refractivity contribution < 1.29 is 66.4 Å². The summed E-state index contributed by atoms with van der Waals surface area (Å²) < 4.78 is 0. The van der Waals surface area contributed by atoms with E-state index in [2.05, 4.69) is 11.9 Å². The van der Waals surface area contributed by atoms with E-state index in [1.807, 2.05) is 0 Å². The van der Waals surface area contributed by atoms with Gasteiger partial charge < -0.3 is 10.2 Å². The smallest absolute Gasteiger partial charge is 0.862 e. The molecule has 0 amide bonds. The molecule has 0 aliphatic carbocycles. The zero-order valence-electron chi connectivity index (χ0n) is 13.4. The first-order valence-corrected chi connectivity index (χ1v) is 7.54. The molecular formula is C15H28KNO3. The van der Waals surface area contributed by atoms with Gasteiger partial charge in [-0.1, -0.05) is 58.3 Å². The van der Waals surface area contributed by atoms with E-state index in [1.165, 1.54) is 45.4 Å². The molecule has 0 saturated heterocycles. The molecule has 1 N–H and O–H groups in total. The normalized spacial score (nSPS) is 12.8. The van der Waals surface area contributed by atoms with Crippen LogP contribution in [0, 0.1) is 0 Å². The number of nitrogens with zero attached hydrogens (tertiary/aromatic N) is 1. The average molecular weight is 309 g/mol. The van der Waals surface area contributed by atoms with Gasteiger partial charge in [-0.2, -0.15) is 0 Å². The molecule has 0 fully saturated rings. The molecule has 0 aliphatic rings. The van der Waals surface area contributed by atoms with Crippen LogP contribution in [0.1, 0.15) is 78.1 Å². The number of aliphatic carboxylic acids is 1. The Labute approximate surface area is 165 Å². The van der Waals surface area contributed by atoms with Crippen molar-refractivity contribution in [3.8, 4) is 0 Å². The second kappa shape index (κ2) is 16.0. The first-order valence-electron chi connectivity index (χ1n) is 7.54. The molecule has 0 spiro atoms. The van der Waals surface area contributed by atoms with Gasteiger partial charge in [-0.05, 0) is 25.7 Å². The van der Waals surface area contributed by atoms with Crippen molar-refractivity contribution >= 4 is 11.9 Å². The van der Waals surface area contributed by atoms with E-state index in [9.17, 15) is 9.90 Å². The van der Waals surface area contributed by atoms with Crippen LogP contribution < -0.4 is 56.5 Å². The summed E-state index contributed by atoms with van der Waals surface area (Å²) in [4.78, 5) is 14.1. The van der Waals surface area contributed by atoms with Crippen LogP contribution in [0.3, 0.4) is 0 Å². The van der Waals surface area contributed by atoms with Gasteiger partial charge in [0.1, 0.15) is 6.04 Å². The molecule has 0 saturated carbocycles. The number of carboxylic acid groups (broad SMARTS) is 1. The molecule has 0 rings (SSSR count). The molecule has 20 heavy (non-hydrogen) atoms. The number of aliphatic imine (C=N–C) groups is 1. The third-order valence-electron chi connectivity index (χ3n) is 3.19. The molecule has 0 radical (unpaired) electrons. The minimum absolute atomic E-state index is 0. The second-order valence-corrected chi connectivity index (χ2v) is 5.12. The number of hydrogen-bond donors (Lipinski definition) is 1. The number of carbonyl (C=O) groups is 1. The molecule has 0 unspecified atom stereocenters. The van der Waals surface area contributed by atoms with Crippen molar-refractivity contribution in [2.24, 2.45) is 4.99 Å². The molecule has 0 aromatic heterocycles. The molecule has 0 heterocycles. The first kappa shape index (κ1) is 22.9. The van der Waals surface area contributed by atoms with Crippen LogP contribution in [0.25, 0.3) is 0 Å². The Hall–Kier alpha value is 0.576. The van der Waals surface area contributed by atoms with E-state index in [0.717, 1.165) is 19.3 Å². The largest absolute Gasteiger partial charge is 1.00 e. The molecule has 1 atom stereocenters. The van der Waals surface area contributed by atoms with Gasteiger partial charge >= 0.3 is 57.4 Å². The molecule has 5 heteroatoms. The zero-order chi connectivity index (χ0) is 14.5. The Morgan fingerprint density at radius 2 is 1.50 bits per heavy atom. The third-order valence-corrected chi connectivity index (χ3v) is 3.19. The average Bonchev–Trinajstić information content (AvgIpc) is 2.36. The number of unbranched alkanes of at least 4 members (excludes halogenated alkanes) is 8. The molecular weight excluding hydrogens is 281 g/mol. The van der Waals surface area contributed by atoms with E-state index in [-0.39, 0.29) is 57.3 Å². The Balaban J connectivity index is 0. The van der Waals surface area contributed by atoms with Crippen molar-refractivity contribution in [2.45, 2.75) is 84.1 Å². The standard InChI is InChI=1S/C15H29NO3.K/c1-3-4-5-6-7-8-9-10-11-12-14(17)16-13(2)15(18)19;/h13H,3-12H2,1-2H3,(H,16,17)(H,18,19);/q;+1/p-1/t13-;/m1./s1. The molecule has 0 aromatic rings. The van der Waals surface area contributed by atoms with E-state index in [0.29, 0.717) is 6.42 Å². The van der Waals surface area contributed by atoms with E-state index >= 15 is 0 Å². The number of carboxylic acids is 1. The summed E-state index contributed by atoms with van der Waals surface area (Å²) in [5, 5.41) is 20.0. The quantitative estimate of drug-likeness (QED) is 0.241. The van der Waals surface area contributed by atoms with Crippen LogP contribution in [-0.2, 0) is 4.79 Å². The van der Waals surface area contributed by atoms with E-state index < -0.39 is 12.0 Å². The number of rotatable bonds is 12. The summed E-state index contributed by atoms with van der Waals surface area (Å²) in [7, 11) is 0. The minimum atomic E-state index is -1.04. The van der Waals surface area contributed by atoms with Crippen molar-refractivity contribution in [1.29, 1.82) is 0 Å². The summed E-state index contributed by atoms with van der Waals surface area (Å²) >= 11 is 0. The third kappa shape index (κ3) is 15.0. The minimum Gasteiger partial charge on any atom is -0.862 e. The monoisotopic (exact) mass is 309 g/mol. The number of hydrogen-bond acceptors (Lipinski definition) is 3. The Morgan fingerprint density at radius 3 is 1.95 bits per heavy atom. The van der Waals surface area contributed by atoms with Crippen molar-refractivity contribution in [1.82, 2.24) is 0 Å². The maximum absolute atomic E-state index is 11.3. The van der Waals surface area contributed by atoms with Crippen LogP contribution >= 0.6 is 0 Å². The van der Waals surface area contributed by atoms with Crippen LogP contribution in [0.15, 0.2) is 4.99 Å². The molecule has 0 aliphatic heterocycles. The topological polar surface area (TPSA) is 72.7 Å². The summed E-state index contributed by atoms with van der Waals surface area (Å²) in [6.45, 7) is 3.64. The summed E-state index contributed by atoms with van der Waals surface area (Å²) in [6.07, 6.45) is 11.2. The fourth-order valence-corrected chi connectivity index (χ4v) is 1.92.